The summed E-state index contributed by atoms with van der Waals surface area (Å²) >= 11 is 0. The van der Waals surface area contributed by atoms with Crippen molar-refractivity contribution in [1.82, 2.24) is 0 Å². The predicted molar refractivity (Wildman–Crippen MR) is 57.5 cm³/mol. The molecule has 17 heavy (non-hydrogen) atoms. The first-order valence-corrected chi connectivity index (χ1v) is 5.21. The monoisotopic (exact) mass is 240 g/mol. The van der Waals surface area contributed by atoms with E-state index in [-0.39, 0.29) is 5.56 Å². The summed E-state index contributed by atoms with van der Waals surface area (Å²) in [5.74, 6) is 0. The molecule has 0 N–H and O–H groups in total. The van der Waals surface area contributed by atoms with Crippen molar-refractivity contribution in [3.05, 3.63) is 48.0 Å². The van der Waals surface area contributed by atoms with E-state index in [0.29, 0.717) is 0 Å². The molecule has 0 aliphatic carbocycles. The molecule has 0 aromatic heterocycles. The minimum Gasteiger partial charge on any atom is -0.166 e. The van der Waals surface area contributed by atoms with Crippen LogP contribution in [0.25, 0.3) is 0 Å². The van der Waals surface area contributed by atoms with Crippen molar-refractivity contribution in [2.45, 2.75) is 24.7 Å². The summed E-state index contributed by atoms with van der Waals surface area (Å²) in [5.41, 5.74) is -1.25. The molecule has 2 nitrogen and oxygen atoms in total. The lowest BCUT2D eigenvalue weighted by molar-refractivity contribution is -0.166. The lowest BCUT2D eigenvalue weighted by Crippen LogP contribution is -2.30. The molecule has 0 unspecified atom stereocenters. The molecule has 1 aromatic carbocycles. The maximum atomic E-state index is 12.7. The molecule has 0 amide bonds. The first-order chi connectivity index (χ1) is 7.99. The van der Waals surface area contributed by atoms with Crippen molar-refractivity contribution in [2.75, 3.05) is 0 Å². The van der Waals surface area contributed by atoms with Crippen LogP contribution in [0.4, 0.5) is 13.2 Å². The Balaban J connectivity index is 2.16. The third kappa shape index (κ3) is 2.09. The molecule has 0 atom stereocenters. The van der Waals surface area contributed by atoms with Crippen molar-refractivity contribution in [3.63, 3.8) is 0 Å². The number of hydrogen-bond acceptors (Lipinski definition) is 2. The Morgan fingerprint density at radius 1 is 1.18 bits per heavy atom. The van der Waals surface area contributed by atoms with E-state index in [9.17, 15) is 13.2 Å². The second-order valence-corrected chi connectivity index (χ2v) is 3.89. The summed E-state index contributed by atoms with van der Waals surface area (Å²) in [5, 5.41) is 6.30. The second-order valence-electron chi connectivity index (χ2n) is 3.89. The van der Waals surface area contributed by atoms with Crippen molar-refractivity contribution >= 4 is 0 Å². The largest absolute Gasteiger partial charge is 0.442 e. The molecule has 0 radical (unpaired) electrons. The molecule has 1 aliphatic rings. The average molecular weight is 240 g/mol. The van der Waals surface area contributed by atoms with Gasteiger partial charge in [-0.3, -0.25) is 0 Å². The number of rotatable bonds is 4. The molecular weight excluding hydrogens is 229 g/mol. The van der Waals surface area contributed by atoms with Gasteiger partial charge in [-0.1, -0.05) is 30.3 Å². The van der Waals surface area contributed by atoms with E-state index in [2.05, 4.69) is 16.8 Å². The number of hydrogen-bond donors (Lipinski definition) is 0. The van der Waals surface area contributed by atoms with E-state index in [4.69, 9.17) is 0 Å². The van der Waals surface area contributed by atoms with Gasteiger partial charge in [0.1, 0.15) is 0 Å². The van der Waals surface area contributed by atoms with Crippen LogP contribution < -0.4 is 0 Å². The quantitative estimate of drug-likeness (QED) is 0.711. The fraction of sp³-hybridized carbons (Fsp3) is 0.333. The minimum absolute atomic E-state index is 0.0763. The minimum atomic E-state index is -4.45. The van der Waals surface area contributed by atoms with Crippen LogP contribution in [-0.4, -0.2) is 6.18 Å². The van der Waals surface area contributed by atoms with Crippen LogP contribution in [0.5, 0.6) is 0 Å². The number of nitrogens with zero attached hydrogens (tertiary/aromatic N) is 2. The van der Waals surface area contributed by atoms with E-state index in [1.54, 1.807) is 18.2 Å². The predicted octanol–water partition coefficient (Wildman–Crippen LogP) is 3.99. The van der Waals surface area contributed by atoms with Gasteiger partial charge in [0.2, 0.25) is 0 Å². The molecule has 1 heterocycles. The third-order valence-corrected chi connectivity index (χ3v) is 2.69. The highest BCUT2D eigenvalue weighted by Gasteiger charge is 2.65. The third-order valence-electron chi connectivity index (χ3n) is 2.69. The fourth-order valence-electron chi connectivity index (χ4n) is 1.62. The number of alkyl halides is 3. The molecule has 0 spiro atoms. The Bertz CT molecular complexity index is 440. The molecule has 1 aromatic rings. The van der Waals surface area contributed by atoms with Crippen LogP contribution in [0.1, 0.15) is 17.5 Å². The van der Waals surface area contributed by atoms with E-state index >= 15 is 0 Å². The molecule has 1 aliphatic heterocycles. The smallest absolute Gasteiger partial charge is 0.166 e. The Kier molecular flexibility index (Phi) is 2.77. The molecule has 0 fully saturated rings. The zero-order chi connectivity index (χ0) is 12.5. The second kappa shape index (κ2) is 3.98. The van der Waals surface area contributed by atoms with Gasteiger partial charge in [-0.25, -0.2) is 0 Å². The Hall–Kier alpha value is -1.65. The van der Waals surface area contributed by atoms with Gasteiger partial charge >= 0.3 is 11.8 Å². The Labute approximate surface area is 96.9 Å². The average Bonchev–Trinajstić information content (AvgIpc) is 3.07. The highest BCUT2D eigenvalue weighted by molar-refractivity contribution is 5.32. The van der Waals surface area contributed by atoms with Crippen molar-refractivity contribution in [2.24, 2.45) is 10.2 Å². The molecule has 90 valence electrons. The lowest BCUT2D eigenvalue weighted by atomic mass is 10.00. The summed E-state index contributed by atoms with van der Waals surface area (Å²) in [6.45, 7) is 3.60. The molecule has 0 bridgehead atoms. The molecule has 0 saturated heterocycles. The van der Waals surface area contributed by atoms with Gasteiger partial charge in [-0.15, -0.1) is 16.8 Å². The molecular formula is C12H11F3N2. The van der Waals surface area contributed by atoms with E-state index in [1.807, 2.05) is 0 Å². The van der Waals surface area contributed by atoms with Gasteiger partial charge in [-0.05, 0) is 18.4 Å². The normalized spacial score (nSPS) is 16.9. The summed E-state index contributed by atoms with van der Waals surface area (Å²) in [7, 11) is 0. The number of allylic oxidation sites excluding steroid dienone is 1. The van der Waals surface area contributed by atoms with Gasteiger partial charge in [0.15, 0.2) is 0 Å². The maximum Gasteiger partial charge on any atom is 0.442 e. The zero-order valence-corrected chi connectivity index (χ0v) is 9.04. The highest BCUT2D eigenvalue weighted by atomic mass is 19.4. The van der Waals surface area contributed by atoms with E-state index in [1.165, 1.54) is 12.1 Å². The molecule has 2 rings (SSSR count). The lowest BCUT2D eigenvalue weighted by Gasteiger charge is -2.14. The Morgan fingerprint density at radius 3 is 2.18 bits per heavy atom. The van der Waals surface area contributed by atoms with Gasteiger partial charge in [-0.2, -0.15) is 13.2 Å². The van der Waals surface area contributed by atoms with Crippen LogP contribution in [0.15, 0.2) is 47.1 Å². The summed E-state index contributed by atoms with van der Waals surface area (Å²) < 4.78 is 38.1. The summed E-state index contributed by atoms with van der Waals surface area (Å²) in [6.07, 6.45) is -1.10. The van der Waals surface area contributed by atoms with Crippen molar-refractivity contribution in [1.29, 1.82) is 0 Å². The number of benzene rings is 1. The highest BCUT2D eigenvalue weighted by Crippen LogP contribution is 2.52. The first kappa shape index (κ1) is 11.8. The van der Waals surface area contributed by atoms with Gasteiger partial charge in [0, 0.05) is 5.56 Å². The van der Waals surface area contributed by atoms with Crippen LogP contribution in [-0.2, 0) is 12.1 Å². The van der Waals surface area contributed by atoms with Gasteiger partial charge < -0.3 is 0 Å². The molecule has 0 saturated carbocycles. The van der Waals surface area contributed by atoms with E-state index in [0.717, 1.165) is 18.4 Å². The standard InChI is InChI=1S/C12H11F3N2/c1-2-3-4-9-5-7-10(8-6-9)11(16-17-11)12(13,14)15/h2,5-8H,1,3-4H2. The maximum absolute atomic E-state index is 12.7. The van der Waals surface area contributed by atoms with Gasteiger partial charge in [0.05, 0.1) is 0 Å². The molecule has 5 heteroatoms. The van der Waals surface area contributed by atoms with Crippen LogP contribution in [0.3, 0.4) is 0 Å². The van der Waals surface area contributed by atoms with Crippen LogP contribution in [0.2, 0.25) is 0 Å². The fourth-order valence-corrected chi connectivity index (χ4v) is 1.62. The van der Waals surface area contributed by atoms with Crippen LogP contribution in [0, 0.1) is 0 Å². The SMILES string of the molecule is C=CCCc1ccc(C2(C(F)(F)F)N=N2)cc1. The summed E-state index contributed by atoms with van der Waals surface area (Å²) in [6, 6.07) is 6.23. The van der Waals surface area contributed by atoms with E-state index < -0.39 is 11.8 Å². The zero-order valence-electron chi connectivity index (χ0n) is 9.04. The first-order valence-electron chi connectivity index (χ1n) is 5.21. The van der Waals surface area contributed by atoms with Crippen molar-refractivity contribution < 1.29 is 13.2 Å². The van der Waals surface area contributed by atoms with Gasteiger partial charge in [0.25, 0.3) is 0 Å². The van der Waals surface area contributed by atoms with Crippen molar-refractivity contribution in [3.8, 4) is 0 Å². The number of aryl methyl sites for hydroxylation is 1. The topological polar surface area (TPSA) is 24.7 Å². The van der Waals surface area contributed by atoms with Crippen LogP contribution >= 0.6 is 0 Å². The Morgan fingerprint density at radius 2 is 1.76 bits per heavy atom. The number of halogens is 3. The summed E-state index contributed by atoms with van der Waals surface area (Å²) in [4.78, 5) is 0.